The molecule has 48 heavy (non-hydrogen) atoms. The van der Waals surface area contributed by atoms with Crippen molar-refractivity contribution in [1.82, 2.24) is 0 Å². The van der Waals surface area contributed by atoms with Gasteiger partial charge in [0.25, 0.3) is 0 Å². The topological polar surface area (TPSA) is 190 Å². The van der Waals surface area contributed by atoms with Gasteiger partial charge in [-0.25, -0.2) is 19.2 Å². The Labute approximate surface area is 278 Å². The fraction of sp³-hybridized carbons (Fsp3) is 0.375. The summed E-state index contributed by atoms with van der Waals surface area (Å²) in [5.41, 5.74) is 3.23. The van der Waals surface area contributed by atoms with Crippen LogP contribution in [-0.4, -0.2) is 90.4 Å². The number of carbonyl (C=O) groups excluding carboxylic acids is 4. The number of aryl methyl sites for hydroxylation is 2. The second-order valence-electron chi connectivity index (χ2n) is 9.40. The Morgan fingerprint density at radius 2 is 0.854 bits per heavy atom. The lowest BCUT2D eigenvalue weighted by molar-refractivity contribution is 0.0179. The van der Waals surface area contributed by atoms with E-state index in [0.29, 0.717) is 22.7 Å². The van der Waals surface area contributed by atoms with Gasteiger partial charge < -0.3 is 37.9 Å². The molecule has 0 fully saturated rings. The maximum absolute atomic E-state index is 12.2. The van der Waals surface area contributed by atoms with Crippen LogP contribution < -0.4 is 21.3 Å². The van der Waals surface area contributed by atoms with Crippen molar-refractivity contribution in [2.75, 3.05) is 87.3 Å². The maximum atomic E-state index is 12.2. The lowest BCUT2D eigenvalue weighted by Crippen LogP contribution is -2.20. The van der Waals surface area contributed by atoms with Crippen molar-refractivity contribution < 1.29 is 57.1 Å². The Morgan fingerprint density at radius 3 is 1.23 bits per heavy atom. The predicted molar refractivity (Wildman–Crippen MR) is 176 cm³/mol. The third-order valence-electron chi connectivity index (χ3n) is 5.84. The van der Waals surface area contributed by atoms with Crippen LogP contribution in [0, 0.1) is 13.8 Å². The van der Waals surface area contributed by atoms with Gasteiger partial charge in [-0.05, 0) is 49.2 Å². The summed E-state index contributed by atoms with van der Waals surface area (Å²) in [4.78, 5) is 48.1. The Kier molecular flexibility index (Phi) is 18.5. The minimum atomic E-state index is -0.694. The summed E-state index contributed by atoms with van der Waals surface area (Å²) in [6, 6.07) is 9.91. The third kappa shape index (κ3) is 16.7. The van der Waals surface area contributed by atoms with Crippen molar-refractivity contribution >= 4 is 47.1 Å². The molecule has 2 aromatic rings. The first-order chi connectivity index (χ1) is 23.2. The highest BCUT2D eigenvalue weighted by Crippen LogP contribution is 2.22. The summed E-state index contributed by atoms with van der Waals surface area (Å²) in [6.45, 7) is 11.5. The van der Waals surface area contributed by atoms with Crippen LogP contribution in [0.25, 0.3) is 0 Å². The molecule has 0 saturated carbocycles. The molecule has 0 radical (unpaired) electrons. The number of hydrogen-bond acceptors (Lipinski definition) is 12. The molecular weight excluding hydrogens is 632 g/mol. The fourth-order valence-corrected chi connectivity index (χ4v) is 3.51. The van der Waals surface area contributed by atoms with Gasteiger partial charge in [-0.1, -0.05) is 25.3 Å². The zero-order valence-corrected chi connectivity index (χ0v) is 27.0. The number of anilines is 4. The summed E-state index contributed by atoms with van der Waals surface area (Å²) < 4.78 is 40.7. The molecule has 16 nitrogen and oxygen atoms in total. The van der Waals surface area contributed by atoms with Gasteiger partial charge in [0.15, 0.2) is 0 Å². The van der Waals surface area contributed by atoms with Crippen LogP contribution in [-0.2, 0) is 37.9 Å². The van der Waals surface area contributed by atoms with E-state index in [2.05, 4.69) is 34.4 Å². The Hall–Kier alpha value is -5.48. The molecule has 0 spiro atoms. The van der Waals surface area contributed by atoms with E-state index in [4.69, 9.17) is 37.9 Å². The first-order valence-corrected chi connectivity index (χ1v) is 14.8. The second-order valence-corrected chi connectivity index (χ2v) is 9.40. The van der Waals surface area contributed by atoms with Gasteiger partial charge in [-0.15, -0.1) is 0 Å². The summed E-state index contributed by atoms with van der Waals surface area (Å²) in [5, 5.41) is 10.4. The standard InChI is InChI=1S/C32H42N4O12/c1-5-41-13-17-45-29(37)33-25-9-7-23(3)27(21-25)35-31(39)47-19-15-43-11-12-44-16-20-48-32(40)36-28-22-26(10-8-24(28)4)34-30(38)46-18-14-42-6-2/h5-10,21-22H,1-2,11-20H2,3-4H3,(H,33,37)(H,34,38)(H,35,39)(H,36,40). The number of rotatable bonds is 21. The van der Waals surface area contributed by atoms with Gasteiger partial charge in [0.2, 0.25) is 0 Å². The molecule has 0 bridgehead atoms. The quantitative estimate of drug-likeness (QED) is 0.0735. The van der Waals surface area contributed by atoms with Crippen LogP contribution >= 0.6 is 0 Å². The molecule has 16 heteroatoms. The smallest absolute Gasteiger partial charge is 0.411 e. The summed E-state index contributed by atoms with van der Waals surface area (Å²) >= 11 is 0. The van der Waals surface area contributed by atoms with Crippen molar-refractivity contribution in [3.05, 3.63) is 73.2 Å². The molecule has 0 aliphatic heterocycles. The number of nitrogens with one attached hydrogen (secondary N) is 4. The van der Waals surface area contributed by atoms with Crippen molar-refractivity contribution in [2.24, 2.45) is 0 Å². The van der Waals surface area contributed by atoms with Gasteiger partial charge >= 0.3 is 24.4 Å². The van der Waals surface area contributed by atoms with Crippen LogP contribution in [0.1, 0.15) is 11.1 Å². The minimum Gasteiger partial charge on any atom is -0.498 e. The number of carbonyl (C=O) groups is 4. The van der Waals surface area contributed by atoms with Crippen LogP contribution in [0.3, 0.4) is 0 Å². The van der Waals surface area contributed by atoms with E-state index in [9.17, 15) is 19.2 Å². The minimum absolute atomic E-state index is 0.00672. The Bertz CT molecular complexity index is 1250. The summed E-state index contributed by atoms with van der Waals surface area (Å²) in [5.74, 6) is 0. The average Bonchev–Trinajstić information content (AvgIpc) is 3.05. The average molecular weight is 675 g/mol. The molecular formula is C32H42N4O12. The molecule has 0 heterocycles. The van der Waals surface area contributed by atoms with Gasteiger partial charge in [0.1, 0.15) is 39.6 Å². The number of ether oxygens (including phenoxy) is 8. The van der Waals surface area contributed by atoms with E-state index in [1.165, 1.54) is 12.5 Å². The van der Waals surface area contributed by atoms with Crippen molar-refractivity contribution in [3.63, 3.8) is 0 Å². The predicted octanol–water partition coefficient (Wildman–Crippen LogP) is 5.55. The fourth-order valence-electron chi connectivity index (χ4n) is 3.51. The van der Waals surface area contributed by atoms with Crippen molar-refractivity contribution in [2.45, 2.75) is 13.8 Å². The van der Waals surface area contributed by atoms with Gasteiger partial charge in [-0.3, -0.25) is 21.3 Å². The monoisotopic (exact) mass is 674 g/mol. The lowest BCUT2D eigenvalue weighted by Gasteiger charge is -2.13. The molecule has 0 atom stereocenters. The van der Waals surface area contributed by atoms with E-state index in [1.807, 2.05) is 0 Å². The van der Waals surface area contributed by atoms with Gasteiger partial charge in [-0.2, -0.15) is 0 Å². The highest BCUT2D eigenvalue weighted by Gasteiger charge is 2.11. The first kappa shape index (κ1) is 38.7. The molecule has 262 valence electrons. The number of hydrogen-bond donors (Lipinski definition) is 4. The lowest BCUT2D eigenvalue weighted by atomic mass is 10.2. The molecule has 4 N–H and O–H groups in total. The Morgan fingerprint density at radius 1 is 0.521 bits per heavy atom. The molecule has 0 aromatic heterocycles. The van der Waals surface area contributed by atoms with Crippen LogP contribution in [0.5, 0.6) is 0 Å². The first-order valence-electron chi connectivity index (χ1n) is 14.8. The third-order valence-corrected chi connectivity index (χ3v) is 5.84. The zero-order chi connectivity index (χ0) is 35.0. The molecule has 4 amide bonds. The molecule has 2 aromatic carbocycles. The highest BCUT2D eigenvalue weighted by molar-refractivity contribution is 5.90. The largest absolute Gasteiger partial charge is 0.498 e. The van der Waals surface area contributed by atoms with E-state index in [1.54, 1.807) is 50.2 Å². The SMILES string of the molecule is C=COCCOC(=O)Nc1ccc(C)c(NC(=O)OCCOCCOCCOC(=O)Nc2cc(NC(=O)OCCOC=C)ccc2C)c1. The number of benzene rings is 2. The normalized spacial score (nSPS) is 10.1. The van der Waals surface area contributed by atoms with E-state index in [0.717, 1.165) is 11.1 Å². The van der Waals surface area contributed by atoms with Crippen LogP contribution in [0.4, 0.5) is 41.9 Å². The molecule has 2 rings (SSSR count). The van der Waals surface area contributed by atoms with Crippen molar-refractivity contribution in [1.29, 1.82) is 0 Å². The highest BCUT2D eigenvalue weighted by atomic mass is 16.6. The van der Waals surface area contributed by atoms with Gasteiger partial charge in [0.05, 0.1) is 39.0 Å². The van der Waals surface area contributed by atoms with E-state index < -0.39 is 24.4 Å². The second kappa shape index (κ2) is 22.9. The zero-order valence-electron chi connectivity index (χ0n) is 27.0. The summed E-state index contributed by atoms with van der Waals surface area (Å²) in [7, 11) is 0. The van der Waals surface area contributed by atoms with Gasteiger partial charge in [0, 0.05) is 22.7 Å². The van der Waals surface area contributed by atoms with Crippen LogP contribution in [0.2, 0.25) is 0 Å². The Balaban J connectivity index is 1.55. The van der Waals surface area contributed by atoms with Crippen LogP contribution in [0.15, 0.2) is 62.1 Å². The molecule has 0 unspecified atom stereocenters. The molecule has 0 aliphatic carbocycles. The molecule has 0 saturated heterocycles. The van der Waals surface area contributed by atoms with E-state index in [-0.39, 0.29) is 66.1 Å². The molecule has 0 aliphatic rings. The summed E-state index contributed by atoms with van der Waals surface area (Å²) in [6.07, 6.45) is -0.228. The van der Waals surface area contributed by atoms with Crippen molar-refractivity contribution in [3.8, 4) is 0 Å². The maximum Gasteiger partial charge on any atom is 0.411 e. The number of amides is 4. The van der Waals surface area contributed by atoms with E-state index >= 15 is 0 Å².